The number of aromatic nitrogens is 4. The van der Waals surface area contributed by atoms with Gasteiger partial charge in [-0.05, 0) is 36.8 Å². The van der Waals surface area contributed by atoms with E-state index in [9.17, 15) is 8.42 Å². The molecule has 1 aromatic carbocycles. The van der Waals surface area contributed by atoms with E-state index in [1.807, 2.05) is 31.2 Å². The average Bonchev–Trinajstić information content (AvgIpc) is 3.20. The summed E-state index contributed by atoms with van der Waals surface area (Å²) in [5.41, 5.74) is 1.96. The van der Waals surface area contributed by atoms with Crippen molar-refractivity contribution in [1.82, 2.24) is 24.7 Å². The first-order valence-electron chi connectivity index (χ1n) is 8.34. The van der Waals surface area contributed by atoms with Crippen LogP contribution in [0.4, 0.5) is 5.82 Å². The summed E-state index contributed by atoms with van der Waals surface area (Å²) < 4.78 is 28.1. The maximum absolute atomic E-state index is 12.0. The summed E-state index contributed by atoms with van der Waals surface area (Å²) in [6, 6.07) is 12.9. The second-order valence-electron chi connectivity index (χ2n) is 5.81. The molecule has 0 aliphatic heterocycles. The molecule has 2 N–H and O–H groups in total. The Balaban J connectivity index is 1.45. The van der Waals surface area contributed by atoms with Crippen molar-refractivity contribution in [2.45, 2.75) is 6.92 Å². The lowest BCUT2D eigenvalue weighted by atomic mass is 10.2. The van der Waals surface area contributed by atoms with E-state index in [2.05, 4.69) is 25.3 Å². The van der Waals surface area contributed by atoms with E-state index >= 15 is 0 Å². The van der Waals surface area contributed by atoms with Crippen LogP contribution < -0.4 is 10.0 Å². The molecule has 3 rings (SSSR count). The highest BCUT2D eigenvalue weighted by Gasteiger charge is 2.04. The maximum Gasteiger partial charge on any atom is 0.233 e. The van der Waals surface area contributed by atoms with Gasteiger partial charge in [0.05, 0.1) is 0 Å². The summed E-state index contributed by atoms with van der Waals surface area (Å²) >= 11 is 0. The summed E-state index contributed by atoms with van der Waals surface area (Å²) in [6.45, 7) is 2.59. The van der Waals surface area contributed by atoms with Crippen LogP contribution in [0, 0.1) is 6.92 Å². The number of sulfonamides is 1. The fraction of sp³-hybridized carbons (Fsp3) is 0.167. The molecule has 2 aromatic heterocycles. The summed E-state index contributed by atoms with van der Waals surface area (Å²) in [5.74, 6) is 1.16. The number of nitrogens with zero attached hydrogens (tertiary/aromatic N) is 4. The van der Waals surface area contributed by atoms with Crippen molar-refractivity contribution in [1.29, 1.82) is 0 Å². The Kier molecular flexibility index (Phi) is 5.94. The molecule has 140 valence electrons. The molecule has 0 fully saturated rings. The fourth-order valence-electron chi connectivity index (χ4n) is 2.22. The summed E-state index contributed by atoms with van der Waals surface area (Å²) in [4.78, 5) is 0. The Morgan fingerprint density at radius 3 is 2.56 bits per heavy atom. The standard InChI is InChI=1S/C18H20N6O2S/c1-15-3-5-16(6-4-15)9-14-27(25,26)21-12-11-19-17-7-8-18(23-22-17)24-13-2-10-20-24/h2-10,13-14,21H,11-12H2,1H3,(H,19,22)/b14-9+. The minimum absolute atomic E-state index is 0.225. The van der Waals surface area contributed by atoms with Crippen molar-refractivity contribution in [3.63, 3.8) is 0 Å². The molecule has 3 aromatic rings. The normalized spacial score (nSPS) is 11.7. The van der Waals surface area contributed by atoms with Crippen molar-refractivity contribution < 1.29 is 8.42 Å². The van der Waals surface area contributed by atoms with Crippen LogP contribution >= 0.6 is 0 Å². The lowest BCUT2D eigenvalue weighted by Crippen LogP contribution is -2.27. The van der Waals surface area contributed by atoms with Crippen molar-refractivity contribution in [3.8, 4) is 5.82 Å². The predicted octanol–water partition coefficient (Wildman–Crippen LogP) is 1.97. The lowest BCUT2D eigenvalue weighted by Gasteiger charge is -2.06. The quantitative estimate of drug-likeness (QED) is 0.576. The Bertz CT molecular complexity index is 981. The van der Waals surface area contributed by atoms with Gasteiger partial charge in [0, 0.05) is 30.9 Å². The van der Waals surface area contributed by atoms with E-state index < -0.39 is 10.0 Å². The zero-order valence-corrected chi connectivity index (χ0v) is 15.6. The third-order valence-corrected chi connectivity index (χ3v) is 4.74. The number of benzene rings is 1. The molecule has 0 saturated heterocycles. The number of hydrogen-bond donors (Lipinski definition) is 2. The zero-order chi connectivity index (χ0) is 19.1. The minimum Gasteiger partial charge on any atom is -0.367 e. The molecule has 0 bridgehead atoms. The van der Waals surface area contributed by atoms with Crippen LogP contribution in [0.15, 0.2) is 60.3 Å². The monoisotopic (exact) mass is 384 g/mol. The molecule has 0 aliphatic rings. The molecule has 0 aliphatic carbocycles. The van der Waals surface area contributed by atoms with Gasteiger partial charge < -0.3 is 5.32 Å². The van der Waals surface area contributed by atoms with Crippen molar-refractivity contribution in [2.24, 2.45) is 0 Å². The molecule has 0 atom stereocenters. The van der Waals surface area contributed by atoms with E-state index in [4.69, 9.17) is 0 Å². The summed E-state index contributed by atoms with van der Waals surface area (Å²) in [7, 11) is -3.50. The highest BCUT2D eigenvalue weighted by atomic mass is 32.2. The third-order valence-electron chi connectivity index (χ3n) is 3.64. The topological polar surface area (TPSA) is 102 Å². The second-order valence-corrected chi connectivity index (χ2v) is 7.46. The van der Waals surface area contributed by atoms with Crippen LogP contribution in [-0.4, -0.2) is 41.5 Å². The highest BCUT2D eigenvalue weighted by Crippen LogP contribution is 2.07. The summed E-state index contributed by atoms with van der Waals surface area (Å²) in [5, 5.41) is 16.3. The first-order valence-corrected chi connectivity index (χ1v) is 9.88. The Hall–Kier alpha value is -3.04. The van der Waals surface area contributed by atoms with Gasteiger partial charge in [0.2, 0.25) is 10.0 Å². The molecular formula is C18H20N6O2S. The average molecular weight is 384 g/mol. The van der Waals surface area contributed by atoms with E-state index in [0.29, 0.717) is 18.2 Å². The first-order chi connectivity index (χ1) is 13.0. The lowest BCUT2D eigenvalue weighted by molar-refractivity contribution is 0.592. The molecule has 2 heterocycles. The zero-order valence-electron chi connectivity index (χ0n) is 14.8. The molecule has 0 spiro atoms. The van der Waals surface area contributed by atoms with Crippen molar-refractivity contribution in [3.05, 3.63) is 71.4 Å². The summed E-state index contributed by atoms with van der Waals surface area (Å²) in [6.07, 6.45) is 5.00. The Morgan fingerprint density at radius 1 is 1.07 bits per heavy atom. The molecule has 0 radical (unpaired) electrons. The van der Waals surface area contributed by atoms with Crippen LogP contribution in [0.5, 0.6) is 0 Å². The van der Waals surface area contributed by atoms with Gasteiger partial charge in [-0.15, -0.1) is 10.2 Å². The molecule has 0 unspecified atom stereocenters. The van der Waals surface area contributed by atoms with Crippen LogP contribution in [0.2, 0.25) is 0 Å². The van der Waals surface area contributed by atoms with Crippen molar-refractivity contribution >= 4 is 21.9 Å². The second kappa shape index (κ2) is 8.56. The van der Waals surface area contributed by atoms with Crippen LogP contribution in [0.25, 0.3) is 11.9 Å². The van der Waals surface area contributed by atoms with Gasteiger partial charge >= 0.3 is 0 Å². The molecule has 0 saturated carbocycles. The van der Waals surface area contributed by atoms with Crippen LogP contribution in [0.1, 0.15) is 11.1 Å². The molecular weight excluding hydrogens is 364 g/mol. The van der Waals surface area contributed by atoms with Crippen LogP contribution in [0.3, 0.4) is 0 Å². The molecule has 9 heteroatoms. The number of hydrogen-bond acceptors (Lipinski definition) is 6. The molecule has 27 heavy (non-hydrogen) atoms. The Labute approximate surface area is 158 Å². The maximum atomic E-state index is 12.0. The highest BCUT2D eigenvalue weighted by molar-refractivity contribution is 7.92. The smallest absolute Gasteiger partial charge is 0.233 e. The van der Waals surface area contributed by atoms with Gasteiger partial charge in [-0.1, -0.05) is 29.8 Å². The minimum atomic E-state index is -3.50. The van der Waals surface area contributed by atoms with E-state index in [-0.39, 0.29) is 6.54 Å². The first kappa shape index (κ1) is 18.7. The van der Waals surface area contributed by atoms with Gasteiger partial charge in [-0.25, -0.2) is 17.8 Å². The van der Waals surface area contributed by atoms with Gasteiger partial charge in [-0.2, -0.15) is 5.10 Å². The van der Waals surface area contributed by atoms with Crippen LogP contribution in [-0.2, 0) is 10.0 Å². The van der Waals surface area contributed by atoms with Crippen molar-refractivity contribution in [2.75, 3.05) is 18.4 Å². The largest absolute Gasteiger partial charge is 0.367 e. The van der Waals surface area contributed by atoms with Gasteiger partial charge in [-0.3, -0.25) is 0 Å². The van der Waals surface area contributed by atoms with E-state index in [0.717, 1.165) is 16.5 Å². The number of anilines is 1. The van der Waals surface area contributed by atoms with Gasteiger partial charge in [0.25, 0.3) is 0 Å². The van der Waals surface area contributed by atoms with E-state index in [1.54, 1.807) is 41.4 Å². The predicted molar refractivity (Wildman–Crippen MR) is 105 cm³/mol. The SMILES string of the molecule is Cc1ccc(/C=C/S(=O)(=O)NCCNc2ccc(-n3cccn3)nn2)cc1. The third kappa shape index (κ3) is 5.73. The molecule has 0 amide bonds. The number of rotatable bonds is 8. The molecule has 8 nitrogen and oxygen atoms in total. The number of nitrogens with one attached hydrogen (secondary N) is 2. The van der Waals surface area contributed by atoms with E-state index in [1.165, 1.54) is 0 Å². The van der Waals surface area contributed by atoms with Gasteiger partial charge in [0.15, 0.2) is 5.82 Å². The Morgan fingerprint density at radius 2 is 1.89 bits per heavy atom. The van der Waals surface area contributed by atoms with Gasteiger partial charge in [0.1, 0.15) is 5.82 Å². The number of aryl methyl sites for hydroxylation is 1. The fourth-order valence-corrected chi connectivity index (χ4v) is 3.04.